The highest BCUT2D eigenvalue weighted by atomic mass is 16.6. The minimum Gasteiger partial charge on any atom is -0.493 e. The molecule has 9 heteroatoms. The number of nitrogens with zero attached hydrogens (tertiary/aromatic N) is 2. The van der Waals surface area contributed by atoms with Crippen molar-refractivity contribution >= 4 is 17.6 Å². The molecule has 148 valence electrons. The summed E-state index contributed by atoms with van der Waals surface area (Å²) in [5, 5.41) is 11.4. The van der Waals surface area contributed by atoms with E-state index in [-0.39, 0.29) is 17.1 Å². The Kier molecular flexibility index (Phi) is 6.54. The highest BCUT2D eigenvalue weighted by Crippen LogP contribution is 2.35. The minimum atomic E-state index is -1.25. The first-order valence-corrected chi connectivity index (χ1v) is 8.17. The van der Waals surface area contributed by atoms with E-state index in [0.717, 1.165) is 12.1 Å². The molecular formula is C19H20N2O7. The number of hydrogen-bond acceptors (Lipinski definition) is 7. The second kappa shape index (κ2) is 8.85. The Morgan fingerprint density at radius 2 is 1.61 bits per heavy atom. The normalized spacial score (nSPS) is 11.3. The average molecular weight is 388 g/mol. The standard InChI is InChI=1S/C19H20N2O7/c1-20(2)18(22)17(12-8-6-5-7-9-12)28-19(23)13-10-15(26-3)16(27-4)11-14(13)21(24)25/h5-11,17H,1-4H3/t17-/m0/s1. The predicted molar refractivity (Wildman–Crippen MR) is 99.5 cm³/mol. The maximum atomic E-state index is 12.8. The van der Waals surface area contributed by atoms with Crippen molar-refractivity contribution in [1.82, 2.24) is 4.90 Å². The molecular weight excluding hydrogens is 368 g/mol. The van der Waals surface area contributed by atoms with Crippen molar-refractivity contribution in [3.8, 4) is 11.5 Å². The van der Waals surface area contributed by atoms with E-state index >= 15 is 0 Å². The molecule has 0 spiro atoms. The average Bonchev–Trinajstić information content (AvgIpc) is 2.70. The third-order valence-electron chi connectivity index (χ3n) is 3.91. The van der Waals surface area contributed by atoms with Crippen molar-refractivity contribution in [1.29, 1.82) is 0 Å². The summed E-state index contributed by atoms with van der Waals surface area (Å²) < 4.78 is 15.5. The zero-order valence-corrected chi connectivity index (χ0v) is 15.9. The van der Waals surface area contributed by atoms with Gasteiger partial charge in [-0.3, -0.25) is 14.9 Å². The summed E-state index contributed by atoms with van der Waals surface area (Å²) >= 11 is 0. The lowest BCUT2D eigenvalue weighted by atomic mass is 10.1. The number of likely N-dealkylation sites (N-methyl/N-ethyl adjacent to an activating group) is 1. The summed E-state index contributed by atoms with van der Waals surface area (Å²) in [7, 11) is 5.69. The van der Waals surface area contributed by atoms with Crippen LogP contribution in [0.25, 0.3) is 0 Å². The lowest BCUT2D eigenvalue weighted by molar-refractivity contribution is -0.385. The first-order valence-electron chi connectivity index (χ1n) is 8.17. The summed E-state index contributed by atoms with van der Waals surface area (Å²) in [6, 6.07) is 10.6. The van der Waals surface area contributed by atoms with Gasteiger partial charge in [-0.25, -0.2) is 4.79 Å². The van der Waals surface area contributed by atoms with Crippen LogP contribution in [-0.2, 0) is 9.53 Å². The van der Waals surface area contributed by atoms with Gasteiger partial charge in [-0.2, -0.15) is 0 Å². The first kappa shape index (κ1) is 20.7. The molecule has 0 aliphatic rings. The number of carbonyl (C=O) groups excluding carboxylic acids is 2. The molecule has 0 aromatic heterocycles. The molecule has 2 rings (SSSR count). The van der Waals surface area contributed by atoms with Crippen LogP contribution in [0.15, 0.2) is 42.5 Å². The van der Waals surface area contributed by atoms with Crippen molar-refractivity contribution in [2.45, 2.75) is 6.10 Å². The van der Waals surface area contributed by atoms with E-state index in [0.29, 0.717) is 5.56 Å². The highest BCUT2D eigenvalue weighted by molar-refractivity contribution is 5.97. The van der Waals surface area contributed by atoms with E-state index in [1.165, 1.54) is 33.2 Å². The molecule has 0 saturated heterocycles. The Morgan fingerprint density at radius 3 is 2.11 bits per heavy atom. The molecule has 0 unspecified atom stereocenters. The van der Waals surface area contributed by atoms with Crippen LogP contribution < -0.4 is 9.47 Å². The van der Waals surface area contributed by atoms with Crippen LogP contribution in [-0.4, -0.2) is 50.0 Å². The van der Waals surface area contributed by atoms with Gasteiger partial charge in [0.2, 0.25) is 6.10 Å². The van der Waals surface area contributed by atoms with Gasteiger partial charge in [0.05, 0.1) is 25.2 Å². The van der Waals surface area contributed by atoms with Crippen LogP contribution in [0.2, 0.25) is 0 Å². The number of amides is 1. The molecule has 2 aromatic carbocycles. The molecule has 0 heterocycles. The molecule has 0 aliphatic heterocycles. The molecule has 0 bridgehead atoms. The van der Waals surface area contributed by atoms with E-state index in [4.69, 9.17) is 14.2 Å². The van der Waals surface area contributed by atoms with Gasteiger partial charge in [0.25, 0.3) is 11.6 Å². The minimum absolute atomic E-state index is 0.0923. The number of benzene rings is 2. The van der Waals surface area contributed by atoms with E-state index in [1.807, 2.05) is 0 Å². The van der Waals surface area contributed by atoms with Crippen LogP contribution in [0.3, 0.4) is 0 Å². The molecule has 28 heavy (non-hydrogen) atoms. The number of ether oxygens (including phenoxy) is 3. The molecule has 0 aliphatic carbocycles. The zero-order valence-electron chi connectivity index (χ0n) is 15.9. The van der Waals surface area contributed by atoms with Crippen LogP contribution in [0.5, 0.6) is 11.5 Å². The monoisotopic (exact) mass is 388 g/mol. The number of nitro benzene ring substituents is 1. The lowest BCUT2D eigenvalue weighted by Crippen LogP contribution is -2.31. The van der Waals surface area contributed by atoms with Gasteiger partial charge in [0.1, 0.15) is 5.56 Å². The van der Waals surface area contributed by atoms with E-state index in [1.54, 1.807) is 30.3 Å². The molecule has 0 saturated carbocycles. The predicted octanol–water partition coefficient (Wildman–Crippen LogP) is 2.60. The summed E-state index contributed by atoms with van der Waals surface area (Å²) in [5.74, 6) is -1.30. The second-order valence-corrected chi connectivity index (χ2v) is 5.91. The number of nitro groups is 1. The largest absolute Gasteiger partial charge is 0.493 e. The maximum Gasteiger partial charge on any atom is 0.346 e. The maximum absolute atomic E-state index is 12.8. The van der Waals surface area contributed by atoms with Gasteiger partial charge in [-0.05, 0) is 0 Å². The molecule has 2 aromatic rings. The fourth-order valence-electron chi connectivity index (χ4n) is 2.48. The Hall–Kier alpha value is -3.62. The highest BCUT2D eigenvalue weighted by Gasteiger charge is 2.31. The van der Waals surface area contributed by atoms with Crippen molar-refractivity contribution in [3.05, 3.63) is 63.7 Å². The van der Waals surface area contributed by atoms with E-state index in [9.17, 15) is 19.7 Å². The zero-order chi connectivity index (χ0) is 20.8. The first-order chi connectivity index (χ1) is 13.3. The Morgan fingerprint density at radius 1 is 1.04 bits per heavy atom. The van der Waals surface area contributed by atoms with Crippen molar-refractivity contribution < 1.29 is 28.7 Å². The molecule has 0 fully saturated rings. The smallest absolute Gasteiger partial charge is 0.346 e. The van der Waals surface area contributed by atoms with Crippen LogP contribution in [0.1, 0.15) is 22.0 Å². The van der Waals surface area contributed by atoms with Crippen molar-refractivity contribution in [3.63, 3.8) is 0 Å². The van der Waals surface area contributed by atoms with Crippen LogP contribution in [0, 0.1) is 10.1 Å². The van der Waals surface area contributed by atoms with Crippen molar-refractivity contribution in [2.24, 2.45) is 0 Å². The number of hydrogen-bond donors (Lipinski definition) is 0. The Balaban J connectivity index is 2.48. The van der Waals surface area contributed by atoms with Crippen LogP contribution in [0.4, 0.5) is 5.69 Å². The van der Waals surface area contributed by atoms with Gasteiger partial charge in [0, 0.05) is 25.7 Å². The molecule has 9 nitrogen and oxygen atoms in total. The number of esters is 1. The molecule has 0 radical (unpaired) electrons. The Labute approximate surface area is 161 Å². The third kappa shape index (κ3) is 4.37. The van der Waals surface area contributed by atoms with Crippen molar-refractivity contribution in [2.75, 3.05) is 28.3 Å². The van der Waals surface area contributed by atoms with Crippen LogP contribution >= 0.6 is 0 Å². The number of carbonyl (C=O) groups is 2. The molecule has 1 atom stereocenters. The van der Waals surface area contributed by atoms with Gasteiger partial charge >= 0.3 is 5.97 Å². The second-order valence-electron chi connectivity index (χ2n) is 5.91. The van der Waals surface area contributed by atoms with E-state index < -0.39 is 28.6 Å². The summed E-state index contributed by atoms with van der Waals surface area (Å²) in [4.78, 5) is 37.2. The fourth-order valence-corrected chi connectivity index (χ4v) is 2.48. The van der Waals surface area contributed by atoms with Gasteiger partial charge in [0.15, 0.2) is 11.5 Å². The summed E-state index contributed by atoms with van der Waals surface area (Å²) in [6.45, 7) is 0. The Bertz CT molecular complexity index is 881. The topological polar surface area (TPSA) is 108 Å². The van der Waals surface area contributed by atoms with Gasteiger partial charge in [-0.1, -0.05) is 30.3 Å². The van der Waals surface area contributed by atoms with Gasteiger partial charge in [-0.15, -0.1) is 0 Å². The number of rotatable bonds is 7. The lowest BCUT2D eigenvalue weighted by Gasteiger charge is -2.21. The third-order valence-corrected chi connectivity index (χ3v) is 3.91. The quantitative estimate of drug-likeness (QED) is 0.407. The van der Waals surface area contributed by atoms with E-state index in [2.05, 4.69) is 0 Å². The summed E-state index contributed by atoms with van der Waals surface area (Å²) in [6.07, 6.45) is -1.25. The fraction of sp³-hybridized carbons (Fsp3) is 0.263. The molecule has 1 amide bonds. The number of methoxy groups -OCH3 is 2. The molecule has 0 N–H and O–H groups in total. The summed E-state index contributed by atoms with van der Waals surface area (Å²) in [5.41, 5.74) is -0.431. The SMILES string of the molecule is COc1cc(C(=O)O[C@H](C(=O)N(C)C)c2ccccc2)c([N+](=O)[O-])cc1OC. The van der Waals surface area contributed by atoms with Gasteiger partial charge < -0.3 is 19.1 Å².